The third kappa shape index (κ3) is 4.56. The molecule has 1 heterocycles. The number of benzene rings is 1. The van der Waals surface area contributed by atoms with Gasteiger partial charge in [-0.3, -0.25) is 4.79 Å². The van der Waals surface area contributed by atoms with Crippen LogP contribution in [-0.2, 0) is 34.1 Å². The third-order valence-corrected chi connectivity index (χ3v) is 2.76. The summed E-state index contributed by atoms with van der Waals surface area (Å²) < 4.78 is 1.52. The summed E-state index contributed by atoms with van der Waals surface area (Å²) >= 11 is 0. The second-order valence-electron chi connectivity index (χ2n) is 4.31. The molecular weight excluding hydrogens is 258 g/mol. The van der Waals surface area contributed by atoms with Gasteiger partial charge in [0.25, 0.3) is 0 Å². The van der Waals surface area contributed by atoms with Gasteiger partial charge in [0.2, 0.25) is 0 Å². The molecule has 1 aromatic heterocycles. The average Bonchev–Trinajstić information content (AvgIpc) is 2.91. The molecule has 106 valence electrons. The molecule has 0 aliphatic rings. The molecule has 6 nitrogen and oxygen atoms in total. The highest BCUT2D eigenvalue weighted by Crippen LogP contribution is 2.03. The smallest absolute Gasteiger partial charge is 0.179 e. The van der Waals surface area contributed by atoms with Crippen LogP contribution < -0.4 is 0 Å². The molecule has 1 aromatic carbocycles. The molecule has 0 aliphatic heterocycles. The Morgan fingerprint density at radius 1 is 1.30 bits per heavy atom. The molecule has 0 N–H and O–H groups in total. The lowest BCUT2D eigenvalue weighted by Gasteiger charge is -2.01. The van der Waals surface area contributed by atoms with Gasteiger partial charge < -0.3 is 0 Å². The SMILES string of the molecule is COOCc1ncn(CC(=O)CCc2ccccc2)n1. The van der Waals surface area contributed by atoms with E-state index in [1.807, 2.05) is 30.3 Å². The fraction of sp³-hybridized carbons (Fsp3) is 0.357. The van der Waals surface area contributed by atoms with Crippen LogP contribution in [0, 0.1) is 0 Å². The van der Waals surface area contributed by atoms with Crippen molar-refractivity contribution < 1.29 is 14.6 Å². The minimum absolute atomic E-state index is 0.123. The van der Waals surface area contributed by atoms with Gasteiger partial charge in [-0.05, 0) is 12.0 Å². The first-order chi connectivity index (χ1) is 9.78. The number of carbonyl (C=O) groups excluding carboxylic acids is 1. The zero-order valence-corrected chi connectivity index (χ0v) is 11.4. The highest BCUT2D eigenvalue weighted by molar-refractivity contribution is 5.78. The molecule has 0 saturated carbocycles. The van der Waals surface area contributed by atoms with Gasteiger partial charge in [0.1, 0.15) is 19.5 Å². The fourth-order valence-electron chi connectivity index (χ4n) is 1.78. The van der Waals surface area contributed by atoms with Crippen molar-refractivity contribution in [1.29, 1.82) is 0 Å². The molecule has 0 unspecified atom stereocenters. The van der Waals surface area contributed by atoms with Crippen molar-refractivity contribution >= 4 is 5.78 Å². The molecular formula is C14H17N3O3. The van der Waals surface area contributed by atoms with E-state index < -0.39 is 0 Å². The number of aryl methyl sites for hydroxylation is 1. The van der Waals surface area contributed by atoms with Crippen LogP contribution in [0.3, 0.4) is 0 Å². The van der Waals surface area contributed by atoms with Crippen molar-refractivity contribution in [3.05, 3.63) is 48.0 Å². The molecule has 2 rings (SSSR count). The Bertz CT molecular complexity index is 540. The van der Waals surface area contributed by atoms with Gasteiger partial charge in [-0.1, -0.05) is 30.3 Å². The van der Waals surface area contributed by atoms with Gasteiger partial charge in [0, 0.05) is 6.42 Å². The summed E-state index contributed by atoms with van der Waals surface area (Å²) in [5.74, 6) is 0.612. The van der Waals surface area contributed by atoms with Crippen molar-refractivity contribution in [3.8, 4) is 0 Å². The predicted octanol–water partition coefficient (Wildman–Crippen LogP) is 1.56. The maximum Gasteiger partial charge on any atom is 0.179 e. The number of rotatable bonds is 8. The van der Waals surface area contributed by atoms with E-state index in [1.165, 1.54) is 18.1 Å². The molecule has 0 bridgehead atoms. The summed E-state index contributed by atoms with van der Waals surface area (Å²) in [5, 5.41) is 4.12. The van der Waals surface area contributed by atoms with Crippen LogP contribution in [0.2, 0.25) is 0 Å². The van der Waals surface area contributed by atoms with Gasteiger partial charge in [0.15, 0.2) is 11.6 Å². The molecule has 20 heavy (non-hydrogen) atoms. The summed E-state index contributed by atoms with van der Waals surface area (Å²) in [6.07, 6.45) is 2.76. The standard InChI is InChI=1S/C14H17N3O3/c1-19-20-10-14-15-11-17(16-14)9-13(18)8-7-12-5-3-2-4-6-12/h2-6,11H,7-10H2,1H3. The van der Waals surface area contributed by atoms with E-state index in [2.05, 4.69) is 15.0 Å². The number of ketones is 1. The molecule has 0 atom stereocenters. The summed E-state index contributed by atoms with van der Waals surface area (Å²) in [7, 11) is 1.42. The average molecular weight is 275 g/mol. The van der Waals surface area contributed by atoms with Crippen LogP contribution >= 0.6 is 0 Å². The van der Waals surface area contributed by atoms with Crippen molar-refractivity contribution in [2.45, 2.75) is 26.0 Å². The molecule has 0 radical (unpaired) electrons. The maximum atomic E-state index is 11.9. The molecule has 0 spiro atoms. The number of Topliss-reactive ketones (excluding diaryl/α,β-unsaturated/α-hetero) is 1. The topological polar surface area (TPSA) is 66.2 Å². The zero-order chi connectivity index (χ0) is 14.2. The molecule has 0 amide bonds. The normalized spacial score (nSPS) is 10.7. The van der Waals surface area contributed by atoms with E-state index in [0.29, 0.717) is 12.2 Å². The molecule has 0 fully saturated rings. The molecule has 6 heteroatoms. The Morgan fingerprint density at radius 3 is 2.85 bits per heavy atom. The first-order valence-corrected chi connectivity index (χ1v) is 6.37. The first-order valence-electron chi connectivity index (χ1n) is 6.37. The van der Waals surface area contributed by atoms with Gasteiger partial charge >= 0.3 is 0 Å². The van der Waals surface area contributed by atoms with E-state index in [-0.39, 0.29) is 18.9 Å². The number of aromatic nitrogens is 3. The molecule has 0 aliphatic carbocycles. The highest BCUT2D eigenvalue weighted by atomic mass is 17.2. The van der Waals surface area contributed by atoms with Gasteiger partial charge in [-0.15, -0.1) is 0 Å². The summed E-state index contributed by atoms with van der Waals surface area (Å²) in [6, 6.07) is 9.94. The minimum atomic E-state index is 0.123. The Morgan fingerprint density at radius 2 is 2.10 bits per heavy atom. The number of nitrogens with zero attached hydrogens (tertiary/aromatic N) is 3. The van der Waals surface area contributed by atoms with Crippen LogP contribution in [0.4, 0.5) is 0 Å². The fourth-order valence-corrected chi connectivity index (χ4v) is 1.78. The van der Waals surface area contributed by atoms with Crippen LogP contribution in [0.1, 0.15) is 17.8 Å². The highest BCUT2D eigenvalue weighted by Gasteiger charge is 2.07. The Balaban J connectivity index is 1.78. The first kappa shape index (κ1) is 14.4. The Kier molecular flexibility index (Phi) is 5.40. The number of hydrogen-bond acceptors (Lipinski definition) is 5. The van der Waals surface area contributed by atoms with E-state index in [9.17, 15) is 4.79 Å². The summed E-state index contributed by atoms with van der Waals surface area (Å²) in [4.78, 5) is 25.1. The van der Waals surface area contributed by atoms with Crippen molar-refractivity contribution in [3.63, 3.8) is 0 Å². The van der Waals surface area contributed by atoms with Gasteiger partial charge in [0.05, 0.1) is 7.11 Å². The third-order valence-electron chi connectivity index (χ3n) is 2.76. The van der Waals surface area contributed by atoms with E-state index >= 15 is 0 Å². The Labute approximate surface area is 117 Å². The summed E-state index contributed by atoms with van der Waals surface area (Å²) in [5.41, 5.74) is 1.16. The number of hydrogen-bond donors (Lipinski definition) is 0. The lowest BCUT2D eigenvalue weighted by atomic mass is 10.1. The van der Waals surface area contributed by atoms with E-state index in [1.54, 1.807) is 0 Å². The van der Waals surface area contributed by atoms with E-state index in [4.69, 9.17) is 4.89 Å². The van der Waals surface area contributed by atoms with Crippen molar-refractivity contribution in [1.82, 2.24) is 14.8 Å². The summed E-state index contributed by atoms with van der Waals surface area (Å²) in [6.45, 7) is 0.397. The predicted molar refractivity (Wildman–Crippen MR) is 71.6 cm³/mol. The number of carbonyl (C=O) groups is 1. The van der Waals surface area contributed by atoms with E-state index in [0.717, 1.165) is 12.0 Å². The second-order valence-corrected chi connectivity index (χ2v) is 4.31. The largest absolute Gasteiger partial charge is 0.298 e. The lowest BCUT2D eigenvalue weighted by Crippen LogP contribution is -2.11. The van der Waals surface area contributed by atoms with Crippen LogP contribution in [0.5, 0.6) is 0 Å². The quantitative estimate of drug-likeness (QED) is 0.540. The zero-order valence-electron chi connectivity index (χ0n) is 11.4. The van der Waals surface area contributed by atoms with Gasteiger partial charge in [-0.25, -0.2) is 19.4 Å². The minimum Gasteiger partial charge on any atom is -0.298 e. The molecule has 0 saturated heterocycles. The monoisotopic (exact) mass is 275 g/mol. The van der Waals surface area contributed by atoms with Crippen LogP contribution in [0.25, 0.3) is 0 Å². The van der Waals surface area contributed by atoms with Crippen molar-refractivity contribution in [2.75, 3.05) is 7.11 Å². The van der Waals surface area contributed by atoms with Crippen molar-refractivity contribution in [2.24, 2.45) is 0 Å². The van der Waals surface area contributed by atoms with Crippen LogP contribution in [-0.4, -0.2) is 27.7 Å². The van der Waals surface area contributed by atoms with Crippen LogP contribution in [0.15, 0.2) is 36.7 Å². The Hall–Kier alpha value is -2.05. The molecule has 2 aromatic rings. The van der Waals surface area contributed by atoms with Gasteiger partial charge in [-0.2, -0.15) is 5.10 Å². The lowest BCUT2D eigenvalue weighted by molar-refractivity contribution is -0.283. The maximum absolute atomic E-state index is 11.9. The second kappa shape index (κ2) is 7.52.